The van der Waals surface area contributed by atoms with Gasteiger partial charge in [-0.3, -0.25) is 4.79 Å². The first kappa shape index (κ1) is 21.5. The van der Waals surface area contributed by atoms with E-state index in [0.29, 0.717) is 22.0 Å². The van der Waals surface area contributed by atoms with Gasteiger partial charge in [-0.15, -0.1) is 0 Å². The summed E-state index contributed by atoms with van der Waals surface area (Å²) in [6, 6.07) is 16.2. The lowest BCUT2D eigenvalue weighted by Gasteiger charge is -2.13. The Kier molecular flexibility index (Phi) is 5.88. The van der Waals surface area contributed by atoms with Gasteiger partial charge in [0.1, 0.15) is 5.69 Å². The van der Waals surface area contributed by atoms with Crippen LogP contribution in [0, 0.1) is 13.8 Å². The molecule has 0 spiro atoms. The molecule has 7 heteroatoms. The zero-order chi connectivity index (χ0) is 22.8. The normalized spacial score (nSPS) is 10.8. The van der Waals surface area contributed by atoms with Crippen LogP contribution in [0.5, 0.6) is 0 Å². The number of carbonyl (C=O) groups excluding carboxylic acids is 2. The maximum absolute atomic E-state index is 13.3. The molecule has 0 unspecified atom stereocenters. The molecule has 2 aromatic carbocycles. The Bertz CT molecular complexity index is 1350. The topological polar surface area (TPSA) is 81.2 Å². The Morgan fingerprint density at radius 1 is 1.03 bits per heavy atom. The van der Waals surface area contributed by atoms with Gasteiger partial charge in [0, 0.05) is 16.0 Å². The maximum Gasteiger partial charge on any atom is 0.356 e. The summed E-state index contributed by atoms with van der Waals surface area (Å²) in [4.78, 5) is 33.7. The molecule has 6 nitrogen and oxygen atoms in total. The second-order valence-electron chi connectivity index (χ2n) is 7.39. The number of aryl methyl sites for hydroxylation is 2. The third-order valence-corrected chi connectivity index (χ3v) is 5.39. The van der Waals surface area contributed by atoms with Crippen LogP contribution in [-0.2, 0) is 4.74 Å². The highest BCUT2D eigenvalue weighted by Crippen LogP contribution is 2.31. The van der Waals surface area contributed by atoms with Crippen molar-refractivity contribution in [3.05, 3.63) is 88.2 Å². The van der Waals surface area contributed by atoms with E-state index in [9.17, 15) is 9.59 Å². The number of methoxy groups -OCH3 is 1. The average Bonchev–Trinajstić information content (AvgIpc) is 2.79. The Morgan fingerprint density at radius 3 is 2.50 bits per heavy atom. The number of benzene rings is 2. The number of carbonyl (C=O) groups is 2. The first-order valence-corrected chi connectivity index (χ1v) is 10.3. The van der Waals surface area contributed by atoms with Gasteiger partial charge < -0.3 is 10.1 Å². The van der Waals surface area contributed by atoms with E-state index in [1.165, 1.54) is 19.4 Å². The summed E-state index contributed by atoms with van der Waals surface area (Å²) in [7, 11) is 1.29. The molecule has 1 amide bonds. The fourth-order valence-corrected chi connectivity index (χ4v) is 3.80. The molecule has 2 aromatic heterocycles. The van der Waals surface area contributed by atoms with E-state index >= 15 is 0 Å². The fraction of sp³-hybridized carbons (Fsp3) is 0.120. The van der Waals surface area contributed by atoms with Gasteiger partial charge in [-0.25, -0.2) is 14.8 Å². The maximum atomic E-state index is 13.3. The Labute approximate surface area is 190 Å². The van der Waals surface area contributed by atoms with Crippen molar-refractivity contribution in [3.8, 4) is 11.3 Å². The quantitative estimate of drug-likeness (QED) is 0.413. The molecule has 2 heterocycles. The minimum Gasteiger partial charge on any atom is -0.464 e. The number of rotatable bonds is 4. The fourth-order valence-electron chi connectivity index (χ4n) is 3.57. The number of nitrogens with zero attached hydrogens (tertiary/aromatic N) is 2. The summed E-state index contributed by atoms with van der Waals surface area (Å²) in [6.45, 7) is 3.95. The third-order valence-electron chi connectivity index (χ3n) is 5.06. The average molecular weight is 446 g/mol. The lowest BCUT2D eigenvalue weighted by atomic mass is 9.99. The number of anilines is 1. The molecule has 0 aliphatic carbocycles. The zero-order valence-electron chi connectivity index (χ0n) is 17.8. The summed E-state index contributed by atoms with van der Waals surface area (Å²) in [6.07, 6.45) is 1.42. The van der Waals surface area contributed by atoms with E-state index < -0.39 is 5.97 Å². The van der Waals surface area contributed by atoms with E-state index in [1.807, 2.05) is 44.2 Å². The minimum absolute atomic E-state index is 0.159. The van der Waals surface area contributed by atoms with Crippen molar-refractivity contribution in [1.29, 1.82) is 0 Å². The highest BCUT2D eigenvalue weighted by atomic mass is 35.5. The second kappa shape index (κ2) is 8.77. The number of nitrogens with one attached hydrogen (secondary N) is 1. The number of hydrogen-bond acceptors (Lipinski definition) is 5. The molecule has 0 saturated heterocycles. The smallest absolute Gasteiger partial charge is 0.356 e. The number of aromatic nitrogens is 2. The van der Waals surface area contributed by atoms with E-state index in [1.54, 1.807) is 18.2 Å². The van der Waals surface area contributed by atoms with Crippen LogP contribution in [0.3, 0.4) is 0 Å². The number of hydrogen-bond donors (Lipinski definition) is 1. The molecule has 32 heavy (non-hydrogen) atoms. The van der Waals surface area contributed by atoms with Crippen LogP contribution < -0.4 is 5.32 Å². The van der Waals surface area contributed by atoms with Crippen LogP contribution in [0.4, 0.5) is 5.69 Å². The number of ether oxygens (including phenoxy) is 1. The molecule has 0 bridgehead atoms. The third kappa shape index (κ3) is 4.18. The monoisotopic (exact) mass is 445 g/mol. The molecule has 0 atom stereocenters. The molecule has 4 aromatic rings. The van der Waals surface area contributed by atoms with Gasteiger partial charge >= 0.3 is 5.97 Å². The molecular formula is C25H20ClN3O3. The van der Waals surface area contributed by atoms with Crippen molar-refractivity contribution in [1.82, 2.24) is 9.97 Å². The number of esters is 1. The summed E-state index contributed by atoms with van der Waals surface area (Å²) in [5, 5.41) is 4.15. The largest absolute Gasteiger partial charge is 0.464 e. The highest BCUT2D eigenvalue weighted by Gasteiger charge is 2.17. The van der Waals surface area contributed by atoms with Crippen molar-refractivity contribution in [2.75, 3.05) is 12.4 Å². The minimum atomic E-state index is -0.543. The molecule has 160 valence electrons. The Hall–Kier alpha value is -3.77. The number of pyridine rings is 2. The second-order valence-corrected chi connectivity index (χ2v) is 7.80. The van der Waals surface area contributed by atoms with Crippen molar-refractivity contribution < 1.29 is 14.3 Å². The van der Waals surface area contributed by atoms with Crippen LogP contribution >= 0.6 is 11.6 Å². The number of amides is 1. The van der Waals surface area contributed by atoms with Crippen LogP contribution in [-0.4, -0.2) is 29.0 Å². The van der Waals surface area contributed by atoms with Gasteiger partial charge in [0.2, 0.25) is 0 Å². The lowest BCUT2D eigenvalue weighted by Crippen LogP contribution is -2.14. The first-order valence-electron chi connectivity index (χ1n) is 9.90. The Morgan fingerprint density at radius 2 is 1.81 bits per heavy atom. The van der Waals surface area contributed by atoms with E-state index in [0.717, 1.165) is 27.6 Å². The molecule has 0 aliphatic rings. The molecule has 0 aliphatic heterocycles. The van der Waals surface area contributed by atoms with Crippen molar-refractivity contribution in [2.24, 2.45) is 0 Å². The van der Waals surface area contributed by atoms with Crippen LogP contribution in [0.25, 0.3) is 22.2 Å². The summed E-state index contributed by atoms with van der Waals surface area (Å²) >= 11 is 6.40. The standard InChI is InChI=1S/C25H20ClN3O3/c1-14-10-15(2)23-18(11-14)19(12-22(29-23)17-6-4-5-7-20(17)26)24(30)28-16-8-9-21(27-13-16)25(31)32-3/h4-13H,1-3H3,(H,28,30). The zero-order valence-corrected chi connectivity index (χ0v) is 18.5. The lowest BCUT2D eigenvalue weighted by molar-refractivity contribution is 0.0594. The van der Waals surface area contributed by atoms with Gasteiger partial charge in [-0.2, -0.15) is 0 Å². The predicted octanol–water partition coefficient (Wildman–Crippen LogP) is 5.61. The van der Waals surface area contributed by atoms with E-state index in [2.05, 4.69) is 15.0 Å². The van der Waals surface area contributed by atoms with E-state index in [4.69, 9.17) is 16.6 Å². The van der Waals surface area contributed by atoms with Crippen molar-refractivity contribution >= 4 is 40.1 Å². The summed E-state index contributed by atoms with van der Waals surface area (Å²) < 4.78 is 4.66. The Balaban J connectivity index is 1.80. The molecular weight excluding hydrogens is 426 g/mol. The predicted molar refractivity (Wildman–Crippen MR) is 125 cm³/mol. The molecule has 0 saturated carbocycles. The summed E-state index contributed by atoms with van der Waals surface area (Å²) in [5.74, 6) is -0.860. The van der Waals surface area contributed by atoms with Gasteiger partial charge in [-0.05, 0) is 49.7 Å². The number of halogens is 1. The molecule has 1 N–H and O–H groups in total. The number of fused-ring (bicyclic) bond motifs is 1. The highest BCUT2D eigenvalue weighted by molar-refractivity contribution is 6.33. The van der Waals surface area contributed by atoms with Crippen molar-refractivity contribution in [2.45, 2.75) is 13.8 Å². The van der Waals surface area contributed by atoms with Gasteiger partial charge in [0.05, 0.1) is 35.8 Å². The van der Waals surface area contributed by atoms with Gasteiger partial charge in [0.25, 0.3) is 5.91 Å². The molecule has 4 rings (SSSR count). The molecule has 0 radical (unpaired) electrons. The summed E-state index contributed by atoms with van der Waals surface area (Å²) in [5.41, 5.74) is 5.16. The van der Waals surface area contributed by atoms with Crippen LogP contribution in [0.2, 0.25) is 5.02 Å². The molecule has 0 fully saturated rings. The van der Waals surface area contributed by atoms with E-state index in [-0.39, 0.29) is 11.6 Å². The van der Waals surface area contributed by atoms with Gasteiger partial charge in [0.15, 0.2) is 0 Å². The first-order chi connectivity index (χ1) is 15.4. The van der Waals surface area contributed by atoms with Crippen LogP contribution in [0.1, 0.15) is 32.0 Å². The SMILES string of the molecule is COC(=O)c1ccc(NC(=O)c2cc(-c3ccccc3Cl)nc3c(C)cc(C)cc23)cn1. The van der Waals surface area contributed by atoms with Crippen molar-refractivity contribution in [3.63, 3.8) is 0 Å². The van der Waals surface area contributed by atoms with Gasteiger partial charge in [-0.1, -0.05) is 41.4 Å². The van der Waals surface area contributed by atoms with Crippen LogP contribution in [0.15, 0.2) is 60.8 Å².